The predicted octanol–water partition coefficient (Wildman–Crippen LogP) is 3.00. The summed E-state index contributed by atoms with van der Waals surface area (Å²) in [5.41, 5.74) is 2.14. The zero-order valence-corrected chi connectivity index (χ0v) is 10.8. The number of aromatic nitrogens is 2. The number of aryl methyl sites for hydroxylation is 2. The first kappa shape index (κ1) is 12.5. The van der Waals surface area contributed by atoms with Crippen LogP contribution in [0.4, 0.5) is 5.82 Å². The highest BCUT2D eigenvalue weighted by molar-refractivity contribution is 6.34. The molecule has 5 heteroatoms. The van der Waals surface area contributed by atoms with Crippen LogP contribution >= 0.6 is 11.6 Å². The van der Waals surface area contributed by atoms with Gasteiger partial charge in [-0.25, -0.2) is 4.98 Å². The Kier molecular flexibility index (Phi) is 3.58. The van der Waals surface area contributed by atoms with Crippen LogP contribution in [0, 0.1) is 13.8 Å². The molecule has 0 radical (unpaired) electrons. The lowest BCUT2D eigenvalue weighted by atomic mass is 10.2. The molecule has 2 aromatic heterocycles. The molecule has 0 saturated carbocycles. The van der Waals surface area contributed by atoms with Crippen molar-refractivity contribution >= 4 is 23.3 Å². The molecule has 0 aliphatic heterocycles. The van der Waals surface area contributed by atoms with E-state index >= 15 is 0 Å². The van der Waals surface area contributed by atoms with E-state index in [1.807, 2.05) is 19.9 Å². The Hall–Kier alpha value is -1.94. The van der Waals surface area contributed by atoms with Gasteiger partial charge in [0.2, 0.25) is 0 Å². The molecule has 0 aliphatic rings. The first-order valence-corrected chi connectivity index (χ1v) is 5.80. The zero-order chi connectivity index (χ0) is 13.1. The van der Waals surface area contributed by atoms with Crippen molar-refractivity contribution in [2.24, 2.45) is 0 Å². The van der Waals surface area contributed by atoms with E-state index in [0.717, 1.165) is 11.3 Å². The number of carbonyl (C=O) groups excluding carboxylic acids is 1. The third kappa shape index (κ3) is 2.84. The van der Waals surface area contributed by atoms with Crippen LogP contribution in [0.1, 0.15) is 21.6 Å². The lowest BCUT2D eigenvalue weighted by molar-refractivity contribution is 0.102. The summed E-state index contributed by atoms with van der Waals surface area (Å²) in [6, 6.07) is 5.26. The van der Waals surface area contributed by atoms with Crippen molar-refractivity contribution in [1.82, 2.24) is 9.97 Å². The third-order valence-electron chi connectivity index (χ3n) is 2.39. The number of hydrogen-bond acceptors (Lipinski definition) is 3. The van der Waals surface area contributed by atoms with Gasteiger partial charge in [-0.2, -0.15) is 0 Å². The lowest BCUT2D eigenvalue weighted by Crippen LogP contribution is -2.14. The van der Waals surface area contributed by atoms with Crippen LogP contribution in [0.3, 0.4) is 0 Å². The highest BCUT2D eigenvalue weighted by Gasteiger charge is 2.11. The summed E-state index contributed by atoms with van der Waals surface area (Å²) in [6.45, 7) is 3.74. The Morgan fingerprint density at radius 3 is 2.61 bits per heavy atom. The largest absolute Gasteiger partial charge is 0.306 e. The highest BCUT2D eigenvalue weighted by Crippen LogP contribution is 2.17. The molecular weight excluding hydrogens is 250 g/mol. The summed E-state index contributed by atoms with van der Waals surface area (Å²) in [5, 5.41) is 3.05. The molecule has 1 amide bonds. The zero-order valence-electron chi connectivity index (χ0n) is 10.1. The molecule has 2 heterocycles. The molecule has 4 nitrogen and oxygen atoms in total. The standard InChI is InChI=1S/C13H12ClN3O/c1-8-3-4-12(16-6-8)17-13(18)10-7-15-9(2)5-11(10)14/h3-7H,1-2H3,(H,16,17,18). The van der Waals surface area contributed by atoms with E-state index < -0.39 is 0 Å². The molecule has 0 atom stereocenters. The van der Waals surface area contributed by atoms with Gasteiger partial charge in [-0.05, 0) is 31.5 Å². The summed E-state index contributed by atoms with van der Waals surface area (Å²) in [4.78, 5) is 20.1. The third-order valence-corrected chi connectivity index (χ3v) is 2.70. The van der Waals surface area contributed by atoms with Crippen molar-refractivity contribution in [1.29, 1.82) is 0 Å². The molecule has 1 N–H and O–H groups in total. The number of carbonyl (C=O) groups is 1. The van der Waals surface area contributed by atoms with Crippen molar-refractivity contribution < 1.29 is 4.79 Å². The number of rotatable bonds is 2. The van der Waals surface area contributed by atoms with Crippen LogP contribution < -0.4 is 5.32 Å². The average Bonchev–Trinajstić information content (AvgIpc) is 2.32. The van der Waals surface area contributed by atoms with Gasteiger partial charge in [-0.1, -0.05) is 17.7 Å². The number of hydrogen-bond donors (Lipinski definition) is 1. The van der Waals surface area contributed by atoms with Gasteiger partial charge in [0.15, 0.2) is 0 Å². The molecule has 0 fully saturated rings. The Morgan fingerprint density at radius 1 is 1.22 bits per heavy atom. The van der Waals surface area contributed by atoms with Gasteiger partial charge >= 0.3 is 0 Å². The van der Waals surface area contributed by atoms with Gasteiger partial charge in [-0.3, -0.25) is 9.78 Å². The maximum atomic E-state index is 12.0. The molecule has 0 aromatic carbocycles. The van der Waals surface area contributed by atoms with Crippen LogP contribution in [0.15, 0.2) is 30.6 Å². The average molecular weight is 262 g/mol. The van der Waals surface area contributed by atoms with E-state index in [9.17, 15) is 4.79 Å². The summed E-state index contributed by atoms with van der Waals surface area (Å²) in [7, 11) is 0. The summed E-state index contributed by atoms with van der Waals surface area (Å²) in [6.07, 6.45) is 3.14. The van der Waals surface area contributed by atoms with Gasteiger partial charge in [0.1, 0.15) is 5.82 Å². The first-order chi connectivity index (χ1) is 8.56. The SMILES string of the molecule is Cc1ccc(NC(=O)c2cnc(C)cc2Cl)nc1. The normalized spacial score (nSPS) is 10.2. The monoisotopic (exact) mass is 261 g/mol. The minimum atomic E-state index is -0.316. The van der Waals surface area contributed by atoms with Gasteiger partial charge in [0, 0.05) is 18.1 Å². The minimum Gasteiger partial charge on any atom is -0.306 e. The molecule has 0 spiro atoms. The second-order valence-electron chi connectivity index (χ2n) is 3.98. The van der Waals surface area contributed by atoms with E-state index in [2.05, 4.69) is 15.3 Å². The van der Waals surface area contributed by atoms with Crippen molar-refractivity contribution in [3.63, 3.8) is 0 Å². The van der Waals surface area contributed by atoms with E-state index in [0.29, 0.717) is 16.4 Å². The van der Waals surface area contributed by atoms with Crippen LogP contribution in [0.5, 0.6) is 0 Å². The maximum absolute atomic E-state index is 12.0. The molecule has 0 saturated heterocycles. The molecular formula is C13H12ClN3O. The van der Waals surface area contributed by atoms with E-state index in [1.165, 1.54) is 6.20 Å². The highest BCUT2D eigenvalue weighted by atomic mass is 35.5. The number of anilines is 1. The van der Waals surface area contributed by atoms with E-state index in [1.54, 1.807) is 18.3 Å². The van der Waals surface area contributed by atoms with E-state index in [-0.39, 0.29) is 5.91 Å². The fourth-order valence-corrected chi connectivity index (χ4v) is 1.71. The predicted molar refractivity (Wildman–Crippen MR) is 70.9 cm³/mol. The van der Waals surface area contributed by atoms with Crippen LogP contribution in [-0.4, -0.2) is 15.9 Å². The van der Waals surface area contributed by atoms with Crippen molar-refractivity contribution in [2.45, 2.75) is 13.8 Å². The molecule has 0 unspecified atom stereocenters. The Morgan fingerprint density at radius 2 is 2.00 bits per heavy atom. The molecule has 92 valence electrons. The number of nitrogens with zero attached hydrogens (tertiary/aromatic N) is 2. The summed E-state index contributed by atoms with van der Waals surface area (Å²) >= 11 is 5.99. The van der Waals surface area contributed by atoms with Crippen LogP contribution in [0.2, 0.25) is 5.02 Å². The van der Waals surface area contributed by atoms with Gasteiger partial charge in [0.05, 0.1) is 10.6 Å². The van der Waals surface area contributed by atoms with Crippen molar-refractivity contribution in [2.75, 3.05) is 5.32 Å². The van der Waals surface area contributed by atoms with Crippen LogP contribution in [0.25, 0.3) is 0 Å². The smallest absolute Gasteiger partial charge is 0.259 e. The summed E-state index contributed by atoms with van der Waals surface area (Å²) in [5.74, 6) is 0.172. The Bertz CT molecular complexity index is 581. The van der Waals surface area contributed by atoms with Gasteiger partial charge in [-0.15, -0.1) is 0 Å². The maximum Gasteiger partial charge on any atom is 0.259 e. The molecule has 18 heavy (non-hydrogen) atoms. The molecule has 2 rings (SSSR count). The number of amides is 1. The van der Waals surface area contributed by atoms with Crippen molar-refractivity contribution in [3.8, 4) is 0 Å². The Labute approximate surface area is 110 Å². The van der Waals surface area contributed by atoms with E-state index in [4.69, 9.17) is 11.6 Å². The molecule has 2 aromatic rings. The molecule has 0 aliphatic carbocycles. The topological polar surface area (TPSA) is 54.9 Å². The summed E-state index contributed by atoms with van der Waals surface area (Å²) < 4.78 is 0. The Balaban J connectivity index is 2.19. The second kappa shape index (κ2) is 5.14. The number of nitrogens with one attached hydrogen (secondary N) is 1. The minimum absolute atomic E-state index is 0.316. The second-order valence-corrected chi connectivity index (χ2v) is 4.39. The van der Waals surface area contributed by atoms with Gasteiger partial charge < -0.3 is 5.32 Å². The number of pyridine rings is 2. The van der Waals surface area contributed by atoms with Gasteiger partial charge in [0.25, 0.3) is 5.91 Å². The quantitative estimate of drug-likeness (QED) is 0.904. The fraction of sp³-hybridized carbons (Fsp3) is 0.154. The first-order valence-electron chi connectivity index (χ1n) is 5.42. The van der Waals surface area contributed by atoms with Crippen LogP contribution in [-0.2, 0) is 0 Å². The molecule has 0 bridgehead atoms. The van der Waals surface area contributed by atoms with Crippen molar-refractivity contribution in [3.05, 3.63) is 52.4 Å². The number of halogens is 1. The fourth-order valence-electron chi connectivity index (χ4n) is 1.42. The lowest BCUT2D eigenvalue weighted by Gasteiger charge is -2.06.